The van der Waals surface area contributed by atoms with Gasteiger partial charge in [-0.05, 0) is 49.1 Å². The third kappa shape index (κ3) is 5.33. The van der Waals surface area contributed by atoms with Crippen LogP contribution in [0.4, 0.5) is 10.1 Å². The Balaban J connectivity index is 1.45. The number of carbonyl (C=O) groups is 1. The second kappa shape index (κ2) is 9.38. The van der Waals surface area contributed by atoms with Crippen molar-refractivity contribution in [2.75, 3.05) is 23.7 Å². The molecule has 1 fully saturated rings. The van der Waals surface area contributed by atoms with Crippen molar-refractivity contribution >= 4 is 29.6 Å². The number of benzene rings is 2. The Kier molecular flexibility index (Phi) is 6.66. The minimum absolute atomic E-state index is 0.117. The van der Waals surface area contributed by atoms with Crippen LogP contribution >= 0.6 is 11.8 Å². The van der Waals surface area contributed by atoms with Gasteiger partial charge in [0.1, 0.15) is 5.82 Å². The molecule has 2 aromatic carbocycles. The van der Waals surface area contributed by atoms with Crippen molar-refractivity contribution in [3.05, 3.63) is 59.9 Å². The third-order valence-corrected chi connectivity index (χ3v) is 5.26. The Morgan fingerprint density at radius 2 is 1.85 bits per heavy atom. The highest BCUT2D eigenvalue weighted by Crippen LogP contribution is 2.21. The summed E-state index contributed by atoms with van der Waals surface area (Å²) in [5.74, 6) is -0.464. The van der Waals surface area contributed by atoms with E-state index in [0.29, 0.717) is 4.90 Å². The molecule has 6 heteroatoms. The van der Waals surface area contributed by atoms with Crippen LogP contribution in [0.25, 0.3) is 0 Å². The zero-order chi connectivity index (χ0) is 18.2. The summed E-state index contributed by atoms with van der Waals surface area (Å²) in [6.07, 6.45) is 5.43. The van der Waals surface area contributed by atoms with Crippen molar-refractivity contribution in [1.82, 2.24) is 5.43 Å². The fourth-order valence-corrected chi connectivity index (χ4v) is 3.57. The van der Waals surface area contributed by atoms with Gasteiger partial charge in [-0.2, -0.15) is 5.10 Å². The molecule has 1 amide bonds. The number of rotatable bonds is 6. The average molecular weight is 371 g/mol. The van der Waals surface area contributed by atoms with Gasteiger partial charge in [0.15, 0.2) is 0 Å². The molecule has 3 rings (SSSR count). The molecule has 1 heterocycles. The minimum atomic E-state index is -0.317. The number of hydrogen-bond acceptors (Lipinski definition) is 4. The maximum atomic E-state index is 13.5. The first-order valence-corrected chi connectivity index (χ1v) is 9.75. The molecule has 2 aromatic rings. The van der Waals surface area contributed by atoms with Gasteiger partial charge in [-0.1, -0.05) is 24.3 Å². The van der Waals surface area contributed by atoms with Crippen molar-refractivity contribution in [2.45, 2.75) is 24.2 Å². The lowest BCUT2D eigenvalue weighted by Gasteiger charge is -2.28. The van der Waals surface area contributed by atoms with Crippen LogP contribution in [0.15, 0.2) is 58.5 Å². The second-order valence-electron chi connectivity index (χ2n) is 6.15. The molecule has 0 aromatic heterocycles. The molecule has 0 aliphatic carbocycles. The third-order valence-electron chi connectivity index (χ3n) is 4.21. The van der Waals surface area contributed by atoms with Gasteiger partial charge in [-0.3, -0.25) is 4.79 Å². The van der Waals surface area contributed by atoms with Gasteiger partial charge in [-0.15, -0.1) is 11.8 Å². The first kappa shape index (κ1) is 18.5. The maximum Gasteiger partial charge on any atom is 0.250 e. The zero-order valence-corrected chi connectivity index (χ0v) is 15.3. The van der Waals surface area contributed by atoms with Crippen LogP contribution in [0.5, 0.6) is 0 Å². The zero-order valence-electron chi connectivity index (χ0n) is 14.5. The first-order chi connectivity index (χ1) is 12.7. The molecule has 0 bridgehead atoms. The molecule has 136 valence electrons. The summed E-state index contributed by atoms with van der Waals surface area (Å²) in [4.78, 5) is 14.7. The number of anilines is 1. The molecule has 1 saturated heterocycles. The van der Waals surface area contributed by atoms with Crippen LogP contribution in [0.2, 0.25) is 0 Å². The van der Waals surface area contributed by atoms with Crippen LogP contribution in [0, 0.1) is 5.82 Å². The number of thioether (sulfide) groups is 1. The standard InChI is InChI=1S/C20H22FN3OS/c21-18-6-2-3-7-19(18)26-15-20(25)23-22-14-16-8-10-17(11-9-16)24-12-4-1-5-13-24/h2-3,6-11,14H,1,4-5,12-13,15H2,(H,23,25)/b22-14+. The Morgan fingerprint density at radius 3 is 2.58 bits per heavy atom. The van der Waals surface area contributed by atoms with E-state index in [9.17, 15) is 9.18 Å². The number of piperidine rings is 1. The van der Waals surface area contributed by atoms with E-state index < -0.39 is 0 Å². The lowest BCUT2D eigenvalue weighted by Crippen LogP contribution is -2.29. The second-order valence-corrected chi connectivity index (χ2v) is 7.17. The summed E-state index contributed by atoms with van der Waals surface area (Å²) in [6, 6.07) is 14.6. The number of nitrogens with one attached hydrogen (secondary N) is 1. The molecule has 1 aliphatic rings. The van der Waals surface area contributed by atoms with Crippen LogP contribution in [-0.2, 0) is 4.79 Å². The van der Waals surface area contributed by atoms with Crippen molar-refractivity contribution in [1.29, 1.82) is 0 Å². The Hall–Kier alpha value is -2.34. The van der Waals surface area contributed by atoms with E-state index in [1.165, 1.54) is 31.0 Å². The molecule has 0 radical (unpaired) electrons. The van der Waals surface area contributed by atoms with Crippen LogP contribution in [0.3, 0.4) is 0 Å². The van der Waals surface area contributed by atoms with Gasteiger partial charge >= 0.3 is 0 Å². The molecule has 1 aliphatic heterocycles. The van der Waals surface area contributed by atoms with Crippen molar-refractivity contribution in [3.8, 4) is 0 Å². The molecular formula is C20H22FN3OS. The number of halogens is 1. The van der Waals surface area contributed by atoms with E-state index in [4.69, 9.17) is 0 Å². The number of amides is 1. The summed E-state index contributed by atoms with van der Waals surface area (Å²) >= 11 is 1.15. The summed E-state index contributed by atoms with van der Waals surface area (Å²) < 4.78 is 13.5. The van der Waals surface area contributed by atoms with E-state index in [1.807, 2.05) is 12.1 Å². The highest BCUT2D eigenvalue weighted by molar-refractivity contribution is 8.00. The largest absolute Gasteiger partial charge is 0.372 e. The number of nitrogens with zero attached hydrogens (tertiary/aromatic N) is 2. The molecule has 26 heavy (non-hydrogen) atoms. The van der Waals surface area contributed by atoms with Crippen molar-refractivity contribution in [2.24, 2.45) is 5.10 Å². The molecule has 1 N–H and O–H groups in total. The summed E-state index contributed by atoms with van der Waals surface area (Å²) in [6.45, 7) is 2.23. The Morgan fingerprint density at radius 1 is 1.12 bits per heavy atom. The first-order valence-electron chi connectivity index (χ1n) is 8.76. The maximum absolute atomic E-state index is 13.5. The van der Waals surface area contributed by atoms with Gasteiger partial charge in [0.05, 0.1) is 12.0 Å². The van der Waals surface area contributed by atoms with E-state index in [1.54, 1.807) is 24.4 Å². The monoisotopic (exact) mass is 371 g/mol. The van der Waals surface area contributed by atoms with Crippen molar-refractivity contribution in [3.63, 3.8) is 0 Å². The van der Waals surface area contributed by atoms with Crippen molar-refractivity contribution < 1.29 is 9.18 Å². The van der Waals surface area contributed by atoms with Gasteiger partial charge in [0, 0.05) is 23.7 Å². The molecule has 4 nitrogen and oxygen atoms in total. The predicted molar refractivity (Wildman–Crippen MR) is 105 cm³/mol. The van der Waals surface area contributed by atoms with E-state index in [0.717, 1.165) is 30.4 Å². The molecule has 0 atom stereocenters. The van der Waals surface area contributed by atoms with Gasteiger partial charge in [0.25, 0.3) is 0 Å². The van der Waals surface area contributed by atoms with Gasteiger partial charge < -0.3 is 4.90 Å². The van der Waals surface area contributed by atoms with Crippen LogP contribution in [0.1, 0.15) is 24.8 Å². The highest BCUT2D eigenvalue weighted by atomic mass is 32.2. The topological polar surface area (TPSA) is 44.7 Å². The summed E-state index contributed by atoms with van der Waals surface area (Å²) in [5.41, 5.74) is 4.63. The quantitative estimate of drug-likeness (QED) is 0.473. The lowest BCUT2D eigenvalue weighted by molar-refractivity contribution is -0.118. The number of hydrogen-bond donors (Lipinski definition) is 1. The SMILES string of the molecule is O=C(CSc1ccccc1F)N/N=C/c1ccc(N2CCCCC2)cc1. The fourth-order valence-electron chi connectivity index (χ4n) is 2.84. The number of hydrazone groups is 1. The fraction of sp³-hybridized carbons (Fsp3) is 0.300. The molecule has 0 spiro atoms. The van der Waals surface area contributed by atoms with Gasteiger partial charge in [-0.25, -0.2) is 9.82 Å². The van der Waals surface area contributed by atoms with Crippen LogP contribution < -0.4 is 10.3 Å². The smallest absolute Gasteiger partial charge is 0.250 e. The normalized spacial score (nSPS) is 14.6. The minimum Gasteiger partial charge on any atom is -0.372 e. The molecular weight excluding hydrogens is 349 g/mol. The van der Waals surface area contributed by atoms with Crippen LogP contribution in [-0.4, -0.2) is 31.0 Å². The Labute approximate surface area is 157 Å². The Bertz CT molecular complexity index is 758. The predicted octanol–water partition coefficient (Wildman–Crippen LogP) is 4.06. The lowest BCUT2D eigenvalue weighted by atomic mass is 10.1. The number of carbonyl (C=O) groups excluding carboxylic acids is 1. The summed E-state index contributed by atoms with van der Waals surface area (Å²) in [5, 5.41) is 3.97. The van der Waals surface area contributed by atoms with Gasteiger partial charge in [0.2, 0.25) is 5.91 Å². The van der Waals surface area contributed by atoms with E-state index >= 15 is 0 Å². The highest BCUT2D eigenvalue weighted by Gasteiger charge is 2.10. The molecule has 0 saturated carbocycles. The van der Waals surface area contributed by atoms with E-state index in [-0.39, 0.29) is 17.5 Å². The summed E-state index contributed by atoms with van der Waals surface area (Å²) in [7, 11) is 0. The average Bonchev–Trinajstić information content (AvgIpc) is 2.69. The van der Waals surface area contributed by atoms with E-state index in [2.05, 4.69) is 27.6 Å². The molecule has 0 unspecified atom stereocenters.